The van der Waals surface area contributed by atoms with Gasteiger partial charge in [0.25, 0.3) is 5.91 Å². The van der Waals surface area contributed by atoms with E-state index in [1.54, 1.807) is 18.2 Å². The van der Waals surface area contributed by atoms with E-state index in [1.807, 2.05) is 12.1 Å². The van der Waals surface area contributed by atoms with Crippen LogP contribution in [0.15, 0.2) is 59.2 Å². The zero-order valence-electron chi connectivity index (χ0n) is 12.8. The summed E-state index contributed by atoms with van der Waals surface area (Å²) in [6, 6.07) is 15.7. The van der Waals surface area contributed by atoms with Gasteiger partial charge in [-0.05, 0) is 42.7 Å². The summed E-state index contributed by atoms with van der Waals surface area (Å²) >= 11 is 5.86. The van der Waals surface area contributed by atoms with Crippen LogP contribution in [-0.4, -0.2) is 11.7 Å². The van der Waals surface area contributed by atoms with Crippen molar-refractivity contribution < 1.29 is 4.79 Å². The Bertz CT molecular complexity index is 774. The monoisotopic (exact) mass is 324 g/mol. The Balaban J connectivity index is 1.68. The number of amidine groups is 1. The van der Waals surface area contributed by atoms with Crippen LogP contribution in [0.4, 0.5) is 0 Å². The van der Waals surface area contributed by atoms with E-state index in [4.69, 9.17) is 11.6 Å². The fourth-order valence-electron chi connectivity index (χ4n) is 2.37. The van der Waals surface area contributed by atoms with Crippen LogP contribution in [0.5, 0.6) is 0 Å². The van der Waals surface area contributed by atoms with Crippen molar-refractivity contribution in [3.05, 3.63) is 75.9 Å². The van der Waals surface area contributed by atoms with Gasteiger partial charge in [-0.1, -0.05) is 53.6 Å². The van der Waals surface area contributed by atoms with E-state index < -0.39 is 0 Å². The van der Waals surface area contributed by atoms with E-state index >= 15 is 0 Å². The minimum atomic E-state index is -0.154. The van der Waals surface area contributed by atoms with Crippen molar-refractivity contribution in [2.45, 2.75) is 19.8 Å². The maximum absolute atomic E-state index is 12.0. The number of hydrogen-bond acceptors (Lipinski definition) is 2. The quantitative estimate of drug-likeness (QED) is 0.843. The summed E-state index contributed by atoms with van der Waals surface area (Å²) in [6.45, 7) is 2.07. The lowest BCUT2D eigenvalue weighted by molar-refractivity contribution is -0.115. The van der Waals surface area contributed by atoms with Crippen molar-refractivity contribution in [2.24, 2.45) is 4.99 Å². The van der Waals surface area contributed by atoms with E-state index in [1.165, 1.54) is 11.1 Å². The van der Waals surface area contributed by atoms with Gasteiger partial charge in [0.2, 0.25) is 0 Å². The molecule has 1 N–H and O–H groups in total. The Hall–Kier alpha value is -2.39. The van der Waals surface area contributed by atoms with Gasteiger partial charge in [-0.2, -0.15) is 0 Å². The minimum absolute atomic E-state index is 0.154. The Morgan fingerprint density at radius 1 is 1.04 bits per heavy atom. The number of carbonyl (C=O) groups excluding carboxylic acids is 1. The molecule has 0 unspecified atom stereocenters. The molecule has 2 aromatic rings. The molecule has 0 bridgehead atoms. The first kappa shape index (κ1) is 15.5. The third kappa shape index (κ3) is 4.08. The molecular weight excluding hydrogens is 308 g/mol. The van der Waals surface area contributed by atoms with E-state index in [2.05, 4.69) is 41.5 Å². The number of benzene rings is 2. The molecule has 3 nitrogen and oxygen atoms in total. The molecule has 4 heteroatoms. The molecule has 0 radical (unpaired) electrons. The Morgan fingerprint density at radius 3 is 2.43 bits per heavy atom. The highest BCUT2D eigenvalue weighted by molar-refractivity contribution is 6.30. The lowest BCUT2D eigenvalue weighted by atomic mass is 10.1. The van der Waals surface area contributed by atoms with Crippen LogP contribution in [0, 0.1) is 6.92 Å². The van der Waals surface area contributed by atoms with Crippen LogP contribution in [0.1, 0.15) is 23.1 Å². The molecule has 0 aliphatic carbocycles. The van der Waals surface area contributed by atoms with Crippen molar-refractivity contribution in [3.8, 4) is 0 Å². The smallest absolute Gasteiger partial charge is 0.275 e. The largest absolute Gasteiger partial charge is 0.309 e. The molecule has 0 fully saturated rings. The van der Waals surface area contributed by atoms with Gasteiger partial charge in [0, 0.05) is 11.4 Å². The zero-order chi connectivity index (χ0) is 16.2. The molecule has 0 atom stereocenters. The number of aliphatic imine (C=N–C) groups is 1. The Kier molecular flexibility index (Phi) is 4.58. The zero-order valence-corrected chi connectivity index (χ0v) is 13.6. The van der Waals surface area contributed by atoms with Gasteiger partial charge >= 0.3 is 0 Å². The van der Waals surface area contributed by atoms with Crippen LogP contribution < -0.4 is 5.32 Å². The van der Waals surface area contributed by atoms with E-state index in [0.29, 0.717) is 17.1 Å². The van der Waals surface area contributed by atoms with Crippen molar-refractivity contribution in [2.75, 3.05) is 0 Å². The summed E-state index contributed by atoms with van der Waals surface area (Å²) in [6.07, 6.45) is 3.34. The van der Waals surface area contributed by atoms with Crippen molar-refractivity contribution in [3.63, 3.8) is 0 Å². The molecule has 23 heavy (non-hydrogen) atoms. The van der Waals surface area contributed by atoms with Crippen LogP contribution in [-0.2, 0) is 11.2 Å². The molecule has 116 valence electrons. The van der Waals surface area contributed by atoms with Gasteiger partial charge in [-0.3, -0.25) is 4.79 Å². The van der Waals surface area contributed by atoms with Crippen LogP contribution in [0.25, 0.3) is 6.08 Å². The second kappa shape index (κ2) is 6.80. The lowest BCUT2D eigenvalue weighted by Crippen LogP contribution is -2.24. The molecule has 1 aliphatic rings. The number of halogens is 1. The van der Waals surface area contributed by atoms with Gasteiger partial charge in [-0.25, -0.2) is 4.99 Å². The third-order valence-corrected chi connectivity index (χ3v) is 3.94. The van der Waals surface area contributed by atoms with Crippen LogP contribution in [0.3, 0.4) is 0 Å². The van der Waals surface area contributed by atoms with Crippen molar-refractivity contribution >= 4 is 29.4 Å². The number of carbonyl (C=O) groups is 1. The first-order chi connectivity index (χ1) is 11.1. The van der Waals surface area contributed by atoms with Crippen LogP contribution in [0.2, 0.25) is 5.02 Å². The number of amides is 1. The number of nitrogens with zero attached hydrogens (tertiary/aromatic N) is 1. The number of nitrogens with one attached hydrogen (secondary N) is 1. The average molecular weight is 325 g/mol. The molecule has 1 aliphatic heterocycles. The molecular formula is C19H17ClN2O. The fraction of sp³-hybridized carbons (Fsp3) is 0.158. The van der Waals surface area contributed by atoms with Crippen molar-refractivity contribution in [1.82, 2.24) is 5.32 Å². The minimum Gasteiger partial charge on any atom is -0.309 e. The molecule has 0 saturated heterocycles. The SMILES string of the molecule is Cc1ccc(CCC2=N/C(=C/c3ccc(Cl)cc3)C(=O)N2)cc1. The van der Waals surface area contributed by atoms with Gasteiger partial charge in [0.05, 0.1) is 0 Å². The highest BCUT2D eigenvalue weighted by atomic mass is 35.5. The first-order valence-electron chi connectivity index (χ1n) is 7.52. The number of rotatable bonds is 4. The number of aryl methyl sites for hydroxylation is 2. The maximum atomic E-state index is 12.0. The number of hydrogen-bond donors (Lipinski definition) is 1. The second-order valence-corrected chi connectivity index (χ2v) is 6.02. The molecule has 0 aromatic heterocycles. The van der Waals surface area contributed by atoms with E-state index in [-0.39, 0.29) is 5.91 Å². The highest BCUT2D eigenvalue weighted by Crippen LogP contribution is 2.16. The lowest BCUT2D eigenvalue weighted by Gasteiger charge is -2.02. The Labute approximate surface area is 140 Å². The van der Waals surface area contributed by atoms with Crippen molar-refractivity contribution in [1.29, 1.82) is 0 Å². The third-order valence-electron chi connectivity index (χ3n) is 3.69. The van der Waals surface area contributed by atoms with Gasteiger partial charge in [0.15, 0.2) is 0 Å². The summed E-state index contributed by atoms with van der Waals surface area (Å²) in [5.41, 5.74) is 3.82. The molecule has 0 spiro atoms. The average Bonchev–Trinajstić information content (AvgIpc) is 2.89. The predicted octanol–water partition coefficient (Wildman–Crippen LogP) is 4.15. The summed E-state index contributed by atoms with van der Waals surface area (Å²) in [5, 5.41) is 3.51. The summed E-state index contributed by atoms with van der Waals surface area (Å²) in [5.74, 6) is 0.564. The molecule has 1 heterocycles. The first-order valence-corrected chi connectivity index (χ1v) is 7.90. The van der Waals surface area contributed by atoms with E-state index in [9.17, 15) is 4.79 Å². The summed E-state index contributed by atoms with van der Waals surface area (Å²) in [4.78, 5) is 16.4. The molecule has 3 rings (SSSR count). The van der Waals surface area contributed by atoms with Gasteiger partial charge in [-0.15, -0.1) is 0 Å². The summed E-state index contributed by atoms with van der Waals surface area (Å²) < 4.78 is 0. The fourth-order valence-corrected chi connectivity index (χ4v) is 2.50. The molecule has 0 saturated carbocycles. The standard InChI is InChI=1S/C19H17ClN2O/c1-13-2-4-14(5-3-13)8-11-18-21-17(19(23)22-18)12-15-6-9-16(20)10-7-15/h2-7,9-10,12H,8,11H2,1H3,(H,21,22,23)/b17-12+. The molecule has 1 amide bonds. The normalized spacial score (nSPS) is 15.7. The van der Waals surface area contributed by atoms with E-state index in [0.717, 1.165) is 17.8 Å². The highest BCUT2D eigenvalue weighted by Gasteiger charge is 2.19. The summed E-state index contributed by atoms with van der Waals surface area (Å²) in [7, 11) is 0. The topological polar surface area (TPSA) is 41.5 Å². The van der Waals surface area contributed by atoms with Gasteiger partial charge in [0.1, 0.15) is 11.5 Å². The predicted molar refractivity (Wildman–Crippen MR) is 94.5 cm³/mol. The second-order valence-electron chi connectivity index (χ2n) is 5.58. The van der Waals surface area contributed by atoms with Crippen LogP contribution >= 0.6 is 11.6 Å². The maximum Gasteiger partial charge on any atom is 0.275 e. The molecule has 2 aromatic carbocycles. The van der Waals surface area contributed by atoms with Gasteiger partial charge < -0.3 is 5.32 Å². The Morgan fingerprint density at radius 2 is 1.74 bits per heavy atom.